The molecule has 0 unspecified atom stereocenters. The first kappa shape index (κ1) is 12.6. The number of amidine groups is 1. The SMILES string of the molecule is CN1C/C(=C\Br)OC1=Nc1ccc([N+](=O)[O-])cc1. The molecule has 2 rings (SSSR count). The summed E-state index contributed by atoms with van der Waals surface area (Å²) in [6, 6.07) is 6.45. The third-order valence-electron chi connectivity index (χ3n) is 2.35. The molecule has 0 saturated carbocycles. The summed E-state index contributed by atoms with van der Waals surface area (Å²) < 4.78 is 5.46. The van der Waals surface area contributed by atoms with E-state index in [9.17, 15) is 10.1 Å². The normalized spacial score (nSPS) is 19.3. The average molecular weight is 312 g/mol. The highest BCUT2D eigenvalue weighted by Crippen LogP contribution is 2.21. The summed E-state index contributed by atoms with van der Waals surface area (Å²) in [5, 5.41) is 10.5. The van der Waals surface area contributed by atoms with Crippen LogP contribution in [0.3, 0.4) is 0 Å². The van der Waals surface area contributed by atoms with Crippen molar-refractivity contribution < 1.29 is 9.66 Å². The van der Waals surface area contributed by atoms with Crippen LogP contribution in [0.2, 0.25) is 0 Å². The second-order valence-corrected chi connectivity index (χ2v) is 4.16. The van der Waals surface area contributed by atoms with Crippen molar-refractivity contribution in [2.75, 3.05) is 13.6 Å². The Hall–Kier alpha value is -1.89. The summed E-state index contributed by atoms with van der Waals surface area (Å²) in [6.45, 7) is 0.636. The van der Waals surface area contributed by atoms with Gasteiger partial charge < -0.3 is 9.64 Å². The molecule has 1 aromatic carbocycles. The van der Waals surface area contributed by atoms with E-state index < -0.39 is 4.92 Å². The molecule has 18 heavy (non-hydrogen) atoms. The van der Waals surface area contributed by atoms with Gasteiger partial charge in [0.1, 0.15) is 5.76 Å². The van der Waals surface area contributed by atoms with Crippen LogP contribution in [0.1, 0.15) is 0 Å². The Kier molecular flexibility index (Phi) is 3.61. The standard InChI is InChI=1S/C11H10BrN3O3/c1-14-7-10(6-12)18-11(14)13-8-2-4-9(5-3-8)15(16)17/h2-6H,7H2,1H3/b10-6+,13-11?. The monoisotopic (exact) mass is 311 g/mol. The Labute approximate surface area is 112 Å². The van der Waals surface area contributed by atoms with Crippen LogP contribution in [0, 0.1) is 10.1 Å². The van der Waals surface area contributed by atoms with Gasteiger partial charge in [-0.25, -0.2) is 0 Å². The molecule has 0 radical (unpaired) electrons. The molecule has 94 valence electrons. The Morgan fingerprint density at radius 2 is 2.17 bits per heavy atom. The summed E-state index contributed by atoms with van der Waals surface area (Å²) in [6.07, 6.45) is 0. The largest absolute Gasteiger partial charge is 0.428 e. The lowest BCUT2D eigenvalue weighted by atomic mass is 10.3. The lowest BCUT2D eigenvalue weighted by molar-refractivity contribution is -0.384. The molecule has 1 aromatic rings. The second kappa shape index (κ2) is 5.18. The predicted molar refractivity (Wildman–Crippen MR) is 70.9 cm³/mol. The number of halogens is 1. The van der Waals surface area contributed by atoms with Crippen LogP contribution in [-0.2, 0) is 4.74 Å². The summed E-state index contributed by atoms with van der Waals surface area (Å²) in [5.74, 6) is 0.762. The third-order valence-corrected chi connectivity index (χ3v) is 2.86. The number of hydrogen-bond donors (Lipinski definition) is 0. The fourth-order valence-electron chi connectivity index (χ4n) is 1.45. The lowest BCUT2D eigenvalue weighted by Crippen LogP contribution is -2.19. The molecule has 0 N–H and O–H groups in total. The van der Waals surface area contributed by atoms with Gasteiger partial charge in [0.2, 0.25) is 0 Å². The van der Waals surface area contributed by atoms with E-state index in [2.05, 4.69) is 20.9 Å². The Morgan fingerprint density at radius 3 is 2.67 bits per heavy atom. The van der Waals surface area contributed by atoms with Gasteiger partial charge in [-0.05, 0) is 12.1 Å². The first-order valence-electron chi connectivity index (χ1n) is 5.11. The van der Waals surface area contributed by atoms with Crippen LogP contribution in [-0.4, -0.2) is 29.4 Å². The van der Waals surface area contributed by atoms with Crippen molar-refractivity contribution in [3.63, 3.8) is 0 Å². The maximum atomic E-state index is 10.5. The van der Waals surface area contributed by atoms with Gasteiger partial charge in [0, 0.05) is 24.2 Å². The fraction of sp³-hybridized carbons (Fsp3) is 0.182. The van der Waals surface area contributed by atoms with Gasteiger partial charge in [-0.15, -0.1) is 0 Å². The quantitative estimate of drug-likeness (QED) is 0.622. The van der Waals surface area contributed by atoms with E-state index in [4.69, 9.17) is 4.74 Å². The van der Waals surface area contributed by atoms with Crippen LogP contribution in [0.5, 0.6) is 0 Å². The van der Waals surface area contributed by atoms with E-state index in [0.29, 0.717) is 18.3 Å². The minimum Gasteiger partial charge on any atom is -0.428 e. The van der Waals surface area contributed by atoms with E-state index in [1.165, 1.54) is 12.1 Å². The zero-order chi connectivity index (χ0) is 13.1. The number of ether oxygens (including phenoxy) is 1. The number of nitro benzene ring substituents is 1. The molecule has 0 aliphatic carbocycles. The smallest absolute Gasteiger partial charge is 0.298 e. The molecule has 1 aliphatic rings. The van der Waals surface area contributed by atoms with E-state index >= 15 is 0 Å². The number of aliphatic imine (C=N–C) groups is 1. The molecule has 0 aromatic heterocycles. The van der Waals surface area contributed by atoms with E-state index in [1.54, 1.807) is 17.1 Å². The van der Waals surface area contributed by atoms with Crippen molar-refractivity contribution in [2.24, 2.45) is 4.99 Å². The molecular weight excluding hydrogens is 302 g/mol. The van der Waals surface area contributed by atoms with Crippen molar-refractivity contribution in [1.82, 2.24) is 4.90 Å². The summed E-state index contributed by atoms with van der Waals surface area (Å²) in [5.41, 5.74) is 0.652. The zero-order valence-corrected chi connectivity index (χ0v) is 11.1. The van der Waals surface area contributed by atoms with Crippen LogP contribution in [0.4, 0.5) is 11.4 Å². The minimum atomic E-state index is -0.444. The Balaban J connectivity index is 2.20. The van der Waals surface area contributed by atoms with Gasteiger partial charge in [-0.3, -0.25) is 10.1 Å². The highest BCUT2D eigenvalue weighted by atomic mass is 79.9. The van der Waals surface area contributed by atoms with Crippen molar-refractivity contribution in [3.8, 4) is 0 Å². The van der Waals surface area contributed by atoms with Gasteiger partial charge in [0.15, 0.2) is 0 Å². The molecule has 0 amide bonds. The molecule has 0 spiro atoms. The molecule has 6 nitrogen and oxygen atoms in total. The molecule has 1 heterocycles. The van der Waals surface area contributed by atoms with Crippen molar-refractivity contribution in [3.05, 3.63) is 45.1 Å². The number of non-ortho nitro benzene ring substituents is 1. The first-order chi connectivity index (χ1) is 8.60. The molecule has 1 aliphatic heterocycles. The number of likely N-dealkylation sites (N-methyl/N-ethyl adjacent to an activating group) is 1. The summed E-state index contributed by atoms with van der Waals surface area (Å²) in [4.78, 5) is 17.9. The van der Waals surface area contributed by atoms with Crippen molar-refractivity contribution in [2.45, 2.75) is 0 Å². The Bertz CT molecular complexity index is 525. The van der Waals surface area contributed by atoms with Crippen LogP contribution >= 0.6 is 15.9 Å². The number of nitrogens with zero attached hydrogens (tertiary/aromatic N) is 3. The van der Waals surface area contributed by atoms with Crippen LogP contribution in [0.25, 0.3) is 0 Å². The zero-order valence-electron chi connectivity index (χ0n) is 9.54. The van der Waals surface area contributed by atoms with Crippen LogP contribution < -0.4 is 0 Å². The fourth-order valence-corrected chi connectivity index (χ4v) is 1.69. The van der Waals surface area contributed by atoms with E-state index in [-0.39, 0.29) is 5.69 Å². The summed E-state index contributed by atoms with van der Waals surface area (Å²) in [7, 11) is 1.85. The minimum absolute atomic E-state index is 0.0423. The number of rotatable bonds is 2. The second-order valence-electron chi connectivity index (χ2n) is 3.70. The van der Waals surface area contributed by atoms with Gasteiger partial charge in [0.25, 0.3) is 11.7 Å². The molecule has 0 bridgehead atoms. The molecule has 0 atom stereocenters. The Morgan fingerprint density at radius 1 is 1.50 bits per heavy atom. The number of nitro groups is 1. The number of benzene rings is 1. The third kappa shape index (κ3) is 2.67. The highest BCUT2D eigenvalue weighted by Gasteiger charge is 2.21. The highest BCUT2D eigenvalue weighted by molar-refractivity contribution is 9.11. The van der Waals surface area contributed by atoms with Gasteiger partial charge in [-0.2, -0.15) is 4.99 Å². The van der Waals surface area contributed by atoms with Crippen molar-refractivity contribution >= 4 is 33.3 Å². The van der Waals surface area contributed by atoms with E-state index in [0.717, 1.165) is 5.76 Å². The van der Waals surface area contributed by atoms with Gasteiger partial charge in [0.05, 0.1) is 17.2 Å². The maximum absolute atomic E-state index is 10.5. The van der Waals surface area contributed by atoms with Gasteiger partial charge >= 0.3 is 0 Å². The molecule has 1 fully saturated rings. The topological polar surface area (TPSA) is 68.0 Å². The average Bonchev–Trinajstić information content (AvgIpc) is 2.71. The summed E-state index contributed by atoms with van der Waals surface area (Å²) >= 11 is 3.20. The van der Waals surface area contributed by atoms with Crippen LogP contribution in [0.15, 0.2) is 40.0 Å². The molecular formula is C11H10BrN3O3. The first-order valence-corrected chi connectivity index (χ1v) is 6.03. The maximum Gasteiger partial charge on any atom is 0.298 e. The molecule has 1 saturated heterocycles. The van der Waals surface area contributed by atoms with Gasteiger partial charge in [-0.1, -0.05) is 15.9 Å². The molecule has 7 heteroatoms. The van der Waals surface area contributed by atoms with Crippen molar-refractivity contribution in [1.29, 1.82) is 0 Å². The predicted octanol–water partition coefficient (Wildman–Crippen LogP) is 2.78. The lowest BCUT2D eigenvalue weighted by Gasteiger charge is -2.06. The number of hydrogen-bond acceptors (Lipinski definition) is 4. The van der Waals surface area contributed by atoms with E-state index in [1.807, 2.05) is 11.9 Å².